The van der Waals surface area contributed by atoms with Gasteiger partial charge in [0.15, 0.2) is 0 Å². The number of carbonyl (C=O) groups is 1. The largest absolute Gasteiger partial charge is 0.496 e. The van der Waals surface area contributed by atoms with Gasteiger partial charge < -0.3 is 15.2 Å². The van der Waals surface area contributed by atoms with E-state index >= 15 is 0 Å². The number of hydrogen-bond donors (Lipinski definition) is 2. The molecule has 0 heterocycles. The number of benzene rings is 1. The van der Waals surface area contributed by atoms with E-state index < -0.39 is 16.0 Å². The molecule has 106 valence electrons. The van der Waals surface area contributed by atoms with Gasteiger partial charge in [-0.2, -0.15) is 0 Å². The van der Waals surface area contributed by atoms with E-state index in [2.05, 4.69) is 9.46 Å². The Labute approximate surface area is 111 Å². The van der Waals surface area contributed by atoms with Crippen molar-refractivity contribution in [2.24, 2.45) is 5.73 Å². The zero-order valence-corrected chi connectivity index (χ0v) is 11.5. The van der Waals surface area contributed by atoms with Crippen LogP contribution in [-0.4, -0.2) is 41.7 Å². The molecule has 0 aliphatic heterocycles. The van der Waals surface area contributed by atoms with Gasteiger partial charge >= 0.3 is 5.97 Å². The van der Waals surface area contributed by atoms with Crippen molar-refractivity contribution in [3.63, 3.8) is 0 Å². The molecule has 8 heteroatoms. The summed E-state index contributed by atoms with van der Waals surface area (Å²) >= 11 is 0. The highest BCUT2D eigenvalue weighted by Gasteiger charge is 2.19. The Hall–Kier alpha value is -1.64. The lowest BCUT2D eigenvalue weighted by molar-refractivity contribution is 0.0597. The molecule has 1 aromatic rings. The van der Waals surface area contributed by atoms with E-state index in [1.807, 2.05) is 0 Å². The Kier molecular flexibility index (Phi) is 5.28. The van der Waals surface area contributed by atoms with Crippen molar-refractivity contribution in [3.8, 4) is 5.75 Å². The van der Waals surface area contributed by atoms with E-state index in [1.54, 1.807) is 0 Å². The predicted octanol–water partition coefficient (Wildman–Crippen LogP) is -0.281. The van der Waals surface area contributed by atoms with Crippen LogP contribution >= 0.6 is 0 Å². The highest BCUT2D eigenvalue weighted by Crippen LogP contribution is 2.23. The summed E-state index contributed by atoms with van der Waals surface area (Å²) in [7, 11) is -1.12. The first-order valence-corrected chi connectivity index (χ1v) is 6.90. The number of nitrogens with two attached hydrogens (primary N) is 1. The van der Waals surface area contributed by atoms with Gasteiger partial charge in [-0.15, -0.1) is 0 Å². The highest BCUT2D eigenvalue weighted by atomic mass is 32.2. The molecule has 0 saturated carbocycles. The van der Waals surface area contributed by atoms with Gasteiger partial charge in [0.05, 0.1) is 19.1 Å². The second-order valence-electron chi connectivity index (χ2n) is 3.54. The number of sulfonamides is 1. The zero-order chi connectivity index (χ0) is 14.5. The lowest BCUT2D eigenvalue weighted by atomic mass is 10.2. The first-order valence-electron chi connectivity index (χ1n) is 5.42. The number of hydrogen-bond acceptors (Lipinski definition) is 6. The second kappa shape index (κ2) is 6.50. The maximum Gasteiger partial charge on any atom is 0.341 e. The molecule has 0 unspecified atom stereocenters. The SMILES string of the molecule is COC(=O)c1cc(S(=O)(=O)NCCN)ccc1OC. The van der Waals surface area contributed by atoms with Gasteiger partial charge in [-0.25, -0.2) is 17.9 Å². The van der Waals surface area contributed by atoms with Crippen LogP contribution in [0.2, 0.25) is 0 Å². The fourth-order valence-corrected chi connectivity index (χ4v) is 2.47. The predicted molar refractivity (Wildman–Crippen MR) is 68.6 cm³/mol. The molecule has 0 atom stereocenters. The third kappa shape index (κ3) is 3.66. The summed E-state index contributed by atoms with van der Waals surface area (Å²) in [4.78, 5) is 11.5. The molecule has 0 fully saturated rings. The molecule has 0 spiro atoms. The van der Waals surface area contributed by atoms with E-state index in [0.717, 1.165) is 0 Å². The number of esters is 1. The molecule has 0 bridgehead atoms. The first kappa shape index (κ1) is 15.4. The average molecular weight is 288 g/mol. The monoisotopic (exact) mass is 288 g/mol. The second-order valence-corrected chi connectivity index (χ2v) is 5.31. The van der Waals surface area contributed by atoms with E-state index in [1.165, 1.54) is 32.4 Å². The van der Waals surface area contributed by atoms with Crippen LogP contribution < -0.4 is 15.2 Å². The minimum Gasteiger partial charge on any atom is -0.496 e. The van der Waals surface area contributed by atoms with Crippen molar-refractivity contribution in [2.75, 3.05) is 27.3 Å². The van der Waals surface area contributed by atoms with E-state index in [0.29, 0.717) is 0 Å². The molecule has 0 amide bonds. The Morgan fingerprint density at radius 1 is 1.37 bits per heavy atom. The summed E-state index contributed by atoms with van der Waals surface area (Å²) < 4.78 is 35.6. The van der Waals surface area contributed by atoms with Crippen molar-refractivity contribution < 1.29 is 22.7 Å². The summed E-state index contributed by atoms with van der Waals surface area (Å²) in [6.07, 6.45) is 0. The topological polar surface area (TPSA) is 108 Å². The van der Waals surface area contributed by atoms with Crippen LogP contribution in [0.5, 0.6) is 5.75 Å². The first-order chi connectivity index (χ1) is 8.96. The summed E-state index contributed by atoms with van der Waals surface area (Å²) in [5, 5.41) is 0. The molecule has 0 radical (unpaired) electrons. The van der Waals surface area contributed by atoms with Gasteiger partial charge in [0.1, 0.15) is 11.3 Å². The van der Waals surface area contributed by atoms with Crippen LogP contribution in [0.3, 0.4) is 0 Å². The molecule has 3 N–H and O–H groups in total. The van der Waals surface area contributed by atoms with Crippen molar-refractivity contribution in [1.29, 1.82) is 0 Å². The quantitative estimate of drug-likeness (QED) is 0.697. The molecule has 0 aliphatic rings. The fraction of sp³-hybridized carbons (Fsp3) is 0.364. The maximum absolute atomic E-state index is 11.9. The van der Waals surface area contributed by atoms with Crippen LogP contribution in [0.4, 0.5) is 0 Å². The Morgan fingerprint density at radius 3 is 2.58 bits per heavy atom. The lowest BCUT2D eigenvalue weighted by Gasteiger charge is -2.10. The third-order valence-electron chi connectivity index (χ3n) is 2.32. The number of nitrogens with one attached hydrogen (secondary N) is 1. The van der Waals surface area contributed by atoms with Gasteiger partial charge in [0.2, 0.25) is 10.0 Å². The number of methoxy groups -OCH3 is 2. The van der Waals surface area contributed by atoms with Crippen molar-refractivity contribution in [1.82, 2.24) is 4.72 Å². The van der Waals surface area contributed by atoms with Crippen molar-refractivity contribution in [2.45, 2.75) is 4.90 Å². The Balaban J connectivity index is 3.21. The van der Waals surface area contributed by atoms with Gasteiger partial charge in [-0.1, -0.05) is 0 Å². The molecule has 0 saturated heterocycles. The van der Waals surface area contributed by atoms with Crippen molar-refractivity contribution in [3.05, 3.63) is 23.8 Å². The van der Waals surface area contributed by atoms with Crippen LogP contribution in [0.15, 0.2) is 23.1 Å². The smallest absolute Gasteiger partial charge is 0.341 e. The molecule has 0 aliphatic carbocycles. The number of carbonyl (C=O) groups excluding carboxylic acids is 1. The molecular weight excluding hydrogens is 272 g/mol. The van der Waals surface area contributed by atoms with E-state index in [9.17, 15) is 13.2 Å². The third-order valence-corrected chi connectivity index (χ3v) is 3.78. The molecular formula is C11H16N2O5S. The van der Waals surface area contributed by atoms with Crippen molar-refractivity contribution >= 4 is 16.0 Å². The summed E-state index contributed by atoms with van der Waals surface area (Å²) in [6.45, 7) is 0.293. The normalized spacial score (nSPS) is 11.1. The van der Waals surface area contributed by atoms with Gasteiger partial charge in [0, 0.05) is 13.1 Å². The van der Waals surface area contributed by atoms with Crippen LogP contribution in [-0.2, 0) is 14.8 Å². The minimum absolute atomic E-state index is 0.0422. The van der Waals surface area contributed by atoms with Gasteiger partial charge in [0.25, 0.3) is 0 Å². The van der Waals surface area contributed by atoms with E-state index in [4.69, 9.17) is 10.5 Å². The average Bonchev–Trinajstić information content (AvgIpc) is 2.43. The molecule has 7 nitrogen and oxygen atoms in total. The highest BCUT2D eigenvalue weighted by molar-refractivity contribution is 7.89. The lowest BCUT2D eigenvalue weighted by Crippen LogP contribution is -2.29. The van der Waals surface area contributed by atoms with Gasteiger partial charge in [-0.05, 0) is 18.2 Å². The maximum atomic E-state index is 11.9. The molecule has 0 aromatic heterocycles. The van der Waals surface area contributed by atoms with E-state index in [-0.39, 0.29) is 29.3 Å². The Bertz CT molecular complexity index is 556. The summed E-state index contributed by atoms with van der Waals surface area (Å²) in [5.74, 6) is -0.433. The Morgan fingerprint density at radius 2 is 2.05 bits per heavy atom. The van der Waals surface area contributed by atoms with Gasteiger partial charge in [-0.3, -0.25) is 0 Å². The minimum atomic E-state index is -3.70. The molecule has 19 heavy (non-hydrogen) atoms. The van der Waals surface area contributed by atoms with Crippen LogP contribution in [0.1, 0.15) is 10.4 Å². The summed E-state index contributed by atoms with van der Waals surface area (Å²) in [6, 6.07) is 3.93. The molecule has 1 rings (SSSR count). The molecule has 1 aromatic carbocycles. The van der Waals surface area contributed by atoms with Crippen LogP contribution in [0, 0.1) is 0 Å². The summed E-state index contributed by atoms with van der Waals surface area (Å²) in [5.41, 5.74) is 5.28. The fourth-order valence-electron chi connectivity index (χ4n) is 1.40. The standard InChI is InChI=1S/C11H16N2O5S/c1-17-10-4-3-8(7-9(10)11(14)18-2)19(15,16)13-6-5-12/h3-4,7,13H,5-6,12H2,1-2H3. The number of rotatable bonds is 6. The number of ether oxygens (including phenoxy) is 2. The zero-order valence-electron chi connectivity index (χ0n) is 10.7. The van der Waals surface area contributed by atoms with Crippen LogP contribution in [0.25, 0.3) is 0 Å².